The Labute approximate surface area is 512 Å². The van der Waals surface area contributed by atoms with Crippen molar-refractivity contribution in [3.8, 4) is 39.3 Å². The topological polar surface area (TPSA) is 174 Å². The van der Waals surface area contributed by atoms with Gasteiger partial charge in [0.15, 0.2) is 17.1 Å². The Hall–Kier alpha value is -8.12. The number of anilines is 4. The van der Waals surface area contributed by atoms with Crippen LogP contribution in [0.3, 0.4) is 0 Å². The molecule has 1 atom stereocenters. The quantitative estimate of drug-likeness (QED) is 0.0809. The maximum absolute atomic E-state index is 6.18. The lowest BCUT2D eigenvalue weighted by molar-refractivity contribution is 0.356. The highest BCUT2D eigenvalue weighted by Crippen LogP contribution is 2.40. The Balaban J connectivity index is 0.000000154. The van der Waals surface area contributed by atoms with Crippen molar-refractivity contribution in [3.63, 3.8) is 0 Å². The van der Waals surface area contributed by atoms with Gasteiger partial charge in [-0.25, -0.2) is 19.9 Å². The number of hydrogen-bond donors (Lipinski definition) is 1. The second-order valence-electron chi connectivity index (χ2n) is 23.1. The molecule has 0 bridgehead atoms. The van der Waals surface area contributed by atoms with Crippen molar-refractivity contribution in [2.24, 2.45) is 0 Å². The molecule has 18 nitrogen and oxygen atoms in total. The van der Waals surface area contributed by atoms with E-state index in [1.807, 2.05) is 85.3 Å². The molecule has 1 aliphatic heterocycles. The van der Waals surface area contributed by atoms with Crippen LogP contribution >= 0.6 is 11.6 Å². The average Bonchev–Trinajstić information content (AvgIpc) is 1.70. The number of methoxy groups -OCH3 is 1. The highest BCUT2D eigenvalue weighted by Gasteiger charge is 2.30. The van der Waals surface area contributed by atoms with Crippen LogP contribution in [0.2, 0.25) is 5.02 Å². The Morgan fingerprint density at radius 2 is 1.29 bits per heavy atom. The summed E-state index contributed by atoms with van der Waals surface area (Å²) in [5.41, 5.74) is 19.8. The average molecular weight is 1180 g/mol. The maximum Gasteiger partial charge on any atom is 0.249 e. The van der Waals surface area contributed by atoms with E-state index in [2.05, 4.69) is 141 Å². The van der Waals surface area contributed by atoms with Crippen molar-refractivity contribution in [2.75, 3.05) is 60.9 Å². The van der Waals surface area contributed by atoms with E-state index in [1.54, 1.807) is 7.11 Å². The molecular formula is C67H87ClN16O2. The van der Waals surface area contributed by atoms with Gasteiger partial charge in [0.05, 0.1) is 36.3 Å². The van der Waals surface area contributed by atoms with Crippen molar-refractivity contribution >= 4 is 57.1 Å². The molecule has 11 rings (SSSR count). The smallest absolute Gasteiger partial charge is 0.249 e. The van der Waals surface area contributed by atoms with Gasteiger partial charge < -0.3 is 29.3 Å². The number of hydrogen-bond acceptors (Lipinski definition) is 15. The number of pyridine rings is 2. The summed E-state index contributed by atoms with van der Waals surface area (Å²) in [6, 6.07) is 21.0. The third-order valence-corrected chi connectivity index (χ3v) is 16.2. The van der Waals surface area contributed by atoms with Gasteiger partial charge in [-0.15, -0.1) is 0 Å². The summed E-state index contributed by atoms with van der Waals surface area (Å²) in [4.78, 5) is 30.7. The zero-order valence-corrected chi connectivity index (χ0v) is 54.4. The van der Waals surface area contributed by atoms with Crippen LogP contribution in [0.1, 0.15) is 142 Å². The molecule has 454 valence electrons. The monoisotopic (exact) mass is 1180 g/mol. The lowest BCUT2D eigenvalue weighted by Gasteiger charge is -2.37. The number of fused-ring (bicyclic) bond motifs is 2. The molecule has 19 heteroatoms. The zero-order chi connectivity index (χ0) is 61.7. The Morgan fingerprint density at radius 1 is 0.663 bits per heavy atom. The molecule has 10 aromatic rings. The van der Waals surface area contributed by atoms with Crippen molar-refractivity contribution < 1.29 is 9.26 Å². The first-order valence-electron chi connectivity index (χ1n) is 30.6. The van der Waals surface area contributed by atoms with E-state index in [-0.39, 0.29) is 6.04 Å². The predicted molar refractivity (Wildman–Crippen MR) is 351 cm³/mol. The number of nitrogens with one attached hydrogen (secondary N) is 1. The normalized spacial score (nSPS) is 12.4. The lowest BCUT2D eigenvalue weighted by atomic mass is 10.0. The Bertz CT molecular complexity index is 3990. The molecule has 1 aliphatic rings. The van der Waals surface area contributed by atoms with Crippen molar-refractivity contribution in [3.05, 3.63) is 129 Å². The molecule has 9 heterocycles. The highest BCUT2D eigenvalue weighted by molar-refractivity contribution is 6.30. The van der Waals surface area contributed by atoms with Gasteiger partial charge in [0.1, 0.15) is 46.0 Å². The van der Waals surface area contributed by atoms with Crippen LogP contribution in [0.4, 0.5) is 23.1 Å². The molecule has 86 heavy (non-hydrogen) atoms. The first-order valence-corrected chi connectivity index (χ1v) is 30.9. The second-order valence-corrected chi connectivity index (χ2v) is 23.5. The predicted octanol–water partition coefficient (Wildman–Crippen LogP) is 15.2. The van der Waals surface area contributed by atoms with E-state index >= 15 is 0 Å². The van der Waals surface area contributed by atoms with Gasteiger partial charge in [-0.1, -0.05) is 76.4 Å². The molecular weight excluding hydrogens is 1100 g/mol. The first kappa shape index (κ1) is 62.4. The van der Waals surface area contributed by atoms with Gasteiger partial charge in [0, 0.05) is 96.9 Å². The van der Waals surface area contributed by atoms with Crippen molar-refractivity contribution in [1.29, 1.82) is 0 Å². The largest absolute Gasteiger partial charge is 0.497 e. The van der Waals surface area contributed by atoms with Gasteiger partial charge in [-0.2, -0.15) is 29.3 Å². The van der Waals surface area contributed by atoms with Gasteiger partial charge in [0.2, 0.25) is 5.89 Å². The van der Waals surface area contributed by atoms with Gasteiger partial charge in [-0.3, -0.25) is 4.68 Å². The first-order chi connectivity index (χ1) is 41.3. The highest BCUT2D eigenvalue weighted by atomic mass is 35.5. The van der Waals surface area contributed by atoms with Crippen LogP contribution in [0.25, 0.3) is 55.8 Å². The summed E-state index contributed by atoms with van der Waals surface area (Å²) < 4.78 is 16.8. The number of nitrogens with zero attached hydrogens (tertiary/aromatic N) is 15. The van der Waals surface area contributed by atoms with E-state index < -0.39 is 0 Å². The summed E-state index contributed by atoms with van der Waals surface area (Å²) in [6.07, 6.45) is 9.83. The molecule has 0 amide bonds. The third kappa shape index (κ3) is 13.0. The maximum atomic E-state index is 6.18. The molecule has 0 saturated heterocycles. The molecule has 8 aromatic heterocycles. The number of aryl methyl sites for hydroxylation is 9. The fourth-order valence-electron chi connectivity index (χ4n) is 11.9. The molecule has 1 unspecified atom stereocenters. The van der Waals surface area contributed by atoms with E-state index in [0.717, 1.165) is 164 Å². The van der Waals surface area contributed by atoms with E-state index in [9.17, 15) is 0 Å². The van der Waals surface area contributed by atoms with Crippen LogP contribution in [-0.2, 0) is 6.54 Å². The molecule has 0 fully saturated rings. The molecule has 1 N–H and O–H groups in total. The fourth-order valence-corrected chi connectivity index (χ4v) is 12.2. The summed E-state index contributed by atoms with van der Waals surface area (Å²) in [5.74, 6) is 4.92. The van der Waals surface area contributed by atoms with Crippen LogP contribution in [0.5, 0.6) is 5.75 Å². The van der Waals surface area contributed by atoms with Gasteiger partial charge in [0.25, 0.3) is 0 Å². The van der Waals surface area contributed by atoms with Gasteiger partial charge in [-0.05, 0) is 153 Å². The number of benzene rings is 2. The minimum Gasteiger partial charge on any atom is -0.497 e. The van der Waals surface area contributed by atoms with Crippen LogP contribution in [-0.4, -0.2) is 106 Å². The molecule has 0 aliphatic carbocycles. The van der Waals surface area contributed by atoms with Crippen molar-refractivity contribution in [2.45, 2.75) is 161 Å². The number of aromatic nitrogens is 12. The molecule has 0 radical (unpaired) electrons. The second kappa shape index (κ2) is 27.1. The number of ether oxygens (including phenoxy) is 1. The molecule has 0 saturated carbocycles. The number of halogens is 1. The van der Waals surface area contributed by atoms with E-state index in [4.69, 9.17) is 51.1 Å². The summed E-state index contributed by atoms with van der Waals surface area (Å²) >= 11 is 6.18. The lowest BCUT2D eigenvalue weighted by Crippen LogP contribution is -2.40. The van der Waals surface area contributed by atoms with Crippen LogP contribution in [0.15, 0.2) is 71.4 Å². The zero-order valence-electron chi connectivity index (χ0n) is 53.7. The molecule has 0 spiro atoms. The third-order valence-electron chi connectivity index (χ3n) is 16.0. The van der Waals surface area contributed by atoms with E-state index in [1.165, 1.54) is 42.5 Å². The Kier molecular flexibility index (Phi) is 19.6. The minimum atomic E-state index is -0.119. The number of rotatable bonds is 19. The van der Waals surface area contributed by atoms with E-state index in [0.29, 0.717) is 17.8 Å². The SMILES string of the molecule is CCC(Nc1cc(C)nc2c(-c3ccc(OC)cc3C)c(C)nn12)c1nc(C)no1.CCCC(CCC)N1CCn2nc(-c3ccc(Cl)cc3C)c3nc(C)cc1c32.CCCN(CCC)c1cc(C)nc2c(-c3cnc(N(C)C)cc3C)c(C)nn12. The summed E-state index contributed by atoms with van der Waals surface area (Å²) in [7, 11) is 5.69. The minimum absolute atomic E-state index is 0.119. The van der Waals surface area contributed by atoms with Crippen LogP contribution in [0, 0.1) is 62.3 Å². The standard InChI is InChI=1S/C23H29ClN4.C22H26N6O2.C22H32N6/c1-5-7-18(8-6-2)27-11-12-28-23-20(27)14-16(4)25-22(23)21(26-28)19-10-9-17(24)13-15(19)3;1-7-18(22-24-15(5)27-30-22)25-19-11-13(3)23-21-20(14(4)26-28(19)21)17-9-8-16(29-6)10-12(17)2;1-8-10-27(11-9-2)20-13-16(4)24-22-21(17(5)25-28(20)22)18-14-23-19(26(6)7)12-15(18)3/h9-10,13-14,18H,5-8,11-12H2,1-4H3;8-11,18,25H,7H2,1-6H3;12-14H,8-11H2,1-7H3. The van der Waals surface area contributed by atoms with Crippen molar-refractivity contribution in [1.82, 2.24) is 59.1 Å². The van der Waals surface area contributed by atoms with Gasteiger partial charge >= 0.3 is 0 Å². The summed E-state index contributed by atoms with van der Waals surface area (Å²) in [6.45, 7) is 33.3. The molecule has 2 aromatic carbocycles. The Morgan fingerprint density at radius 3 is 1.90 bits per heavy atom. The summed E-state index contributed by atoms with van der Waals surface area (Å²) in [5, 5.41) is 22.9. The fraction of sp³-hybridized carbons (Fsp3) is 0.448. The van der Waals surface area contributed by atoms with Crippen LogP contribution < -0.4 is 24.8 Å².